The van der Waals surface area contributed by atoms with Gasteiger partial charge in [0.25, 0.3) is 11.8 Å². The second-order valence-corrected chi connectivity index (χ2v) is 5.30. The Bertz CT molecular complexity index is 867. The van der Waals surface area contributed by atoms with Gasteiger partial charge in [-0.05, 0) is 23.8 Å². The molecule has 7 heteroatoms. The highest BCUT2D eigenvalue weighted by molar-refractivity contribution is 6.22. The number of fused-ring (bicyclic) bond motifs is 1. The number of methoxy groups -OCH3 is 2. The van der Waals surface area contributed by atoms with E-state index in [4.69, 9.17) is 14.7 Å². The number of nitriles is 1. The molecular formula is C18H15N3O4. The van der Waals surface area contributed by atoms with Crippen LogP contribution in [0.15, 0.2) is 36.4 Å². The fourth-order valence-corrected chi connectivity index (χ4v) is 2.68. The zero-order chi connectivity index (χ0) is 18.0. The predicted octanol–water partition coefficient (Wildman–Crippen LogP) is 2.39. The average molecular weight is 337 g/mol. The number of hydrazine groups is 1. The van der Waals surface area contributed by atoms with Crippen molar-refractivity contribution in [2.75, 3.05) is 19.6 Å². The van der Waals surface area contributed by atoms with Gasteiger partial charge in [-0.15, -0.1) is 0 Å². The number of nitrogens with zero attached hydrogens (tertiary/aromatic N) is 2. The molecule has 1 aliphatic rings. The van der Waals surface area contributed by atoms with Crippen LogP contribution in [0, 0.1) is 11.3 Å². The Kier molecular flexibility index (Phi) is 4.27. The summed E-state index contributed by atoms with van der Waals surface area (Å²) in [6.07, 6.45) is 0.0546. The van der Waals surface area contributed by atoms with Crippen LogP contribution in [0.1, 0.15) is 26.3 Å². The fraction of sp³-hybridized carbons (Fsp3) is 0.167. The zero-order valence-corrected chi connectivity index (χ0v) is 13.7. The molecule has 1 heterocycles. The summed E-state index contributed by atoms with van der Waals surface area (Å²) in [5.74, 6) is -0.0427. The number of amides is 2. The van der Waals surface area contributed by atoms with Crippen molar-refractivity contribution < 1.29 is 19.1 Å². The molecule has 0 saturated heterocycles. The average Bonchev–Trinajstić information content (AvgIpc) is 2.88. The molecule has 3 rings (SSSR count). The molecule has 0 aliphatic carbocycles. The van der Waals surface area contributed by atoms with E-state index >= 15 is 0 Å². The molecule has 0 spiro atoms. The first-order valence-corrected chi connectivity index (χ1v) is 7.47. The summed E-state index contributed by atoms with van der Waals surface area (Å²) in [6.45, 7) is 0. The largest absolute Gasteiger partial charge is 0.497 e. The highest BCUT2D eigenvalue weighted by Gasteiger charge is 2.36. The Balaban J connectivity index is 2.03. The van der Waals surface area contributed by atoms with Crippen molar-refractivity contribution in [3.05, 3.63) is 53.1 Å². The number of imide groups is 1. The summed E-state index contributed by atoms with van der Waals surface area (Å²) < 4.78 is 10.5. The van der Waals surface area contributed by atoms with E-state index in [0.717, 1.165) is 5.01 Å². The van der Waals surface area contributed by atoms with Crippen molar-refractivity contribution in [2.45, 2.75) is 6.42 Å². The summed E-state index contributed by atoms with van der Waals surface area (Å²) in [4.78, 5) is 25.0. The maximum absolute atomic E-state index is 12.5. The predicted molar refractivity (Wildman–Crippen MR) is 89.4 cm³/mol. The van der Waals surface area contributed by atoms with Crippen LogP contribution in [0.4, 0.5) is 5.69 Å². The summed E-state index contributed by atoms with van der Waals surface area (Å²) in [5.41, 5.74) is 4.40. The molecule has 0 unspecified atom stereocenters. The van der Waals surface area contributed by atoms with Crippen LogP contribution < -0.4 is 14.9 Å². The number of hydrogen-bond donors (Lipinski definition) is 1. The minimum absolute atomic E-state index is 0.0546. The Morgan fingerprint density at radius 2 is 1.72 bits per heavy atom. The highest BCUT2D eigenvalue weighted by atomic mass is 16.5. The number of ether oxygens (including phenoxy) is 2. The Morgan fingerprint density at radius 1 is 1.08 bits per heavy atom. The monoisotopic (exact) mass is 337 g/mol. The van der Waals surface area contributed by atoms with Gasteiger partial charge < -0.3 is 9.47 Å². The van der Waals surface area contributed by atoms with Gasteiger partial charge in [-0.1, -0.05) is 12.1 Å². The molecule has 25 heavy (non-hydrogen) atoms. The second-order valence-electron chi connectivity index (χ2n) is 5.30. The molecule has 2 amide bonds. The van der Waals surface area contributed by atoms with Crippen LogP contribution in [0.5, 0.6) is 11.5 Å². The van der Waals surface area contributed by atoms with Crippen LogP contribution in [0.3, 0.4) is 0 Å². The van der Waals surface area contributed by atoms with Crippen LogP contribution in [0.2, 0.25) is 0 Å². The van der Waals surface area contributed by atoms with Gasteiger partial charge in [0, 0.05) is 6.07 Å². The lowest BCUT2D eigenvalue weighted by atomic mass is 10.1. The molecule has 0 radical (unpaired) electrons. The van der Waals surface area contributed by atoms with E-state index in [9.17, 15) is 9.59 Å². The third-order valence-corrected chi connectivity index (χ3v) is 3.90. The number of benzene rings is 2. The van der Waals surface area contributed by atoms with Crippen molar-refractivity contribution in [2.24, 2.45) is 0 Å². The summed E-state index contributed by atoms with van der Waals surface area (Å²) in [5, 5.41) is 10.00. The standard InChI is InChI=1S/C18H15N3O4/c1-24-12-9-11(7-8-19)16(15(10-12)25-2)20-21-17(22)13-5-3-4-6-14(13)18(21)23/h3-6,9-10,20H,7H2,1-2H3. The van der Waals surface area contributed by atoms with Gasteiger partial charge in [-0.3, -0.25) is 15.0 Å². The third-order valence-electron chi connectivity index (χ3n) is 3.90. The van der Waals surface area contributed by atoms with Crippen LogP contribution in [-0.4, -0.2) is 31.0 Å². The first-order chi connectivity index (χ1) is 12.1. The number of hydrogen-bond acceptors (Lipinski definition) is 6. The topological polar surface area (TPSA) is 91.7 Å². The van der Waals surface area contributed by atoms with Crippen molar-refractivity contribution in [1.82, 2.24) is 5.01 Å². The summed E-state index contributed by atoms with van der Waals surface area (Å²) in [6, 6.07) is 11.9. The maximum Gasteiger partial charge on any atom is 0.280 e. The number of rotatable bonds is 5. The molecule has 0 saturated carbocycles. The van der Waals surface area contributed by atoms with Crippen LogP contribution >= 0.6 is 0 Å². The van der Waals surface area contributed by atoms with E-state index in [1.165, 1.54) is 14.2 Å². The number of anilines is 1. The highest BCUT2D eigenvalue weighted by Crippen LogP contribution is 2.35. The van der Waals surface area contributed by atoms with Gasteiger partial charge in [0.1, 0.15) is 17.2 Å². The number of carbonyl (C=O) groups is 2. The minimum Gasteiger partial charge on any atom is -0.497 e. The second kappa shape index (κ2) is 6.53. The SMILES string of the molecule is COc1cc(CC#N)c(NN2C(=O)c3ccccc3C2=O)c(OC)c1. The van der Waals surface area contributed by atoms with Gasteiger partial charge in [-0.2, -0.15) is 10.3 Å². The summed E-state index contributed by atoms with van der Waals surface area (Å²) in [7, 11) is 2.96. The normalized spacial score (nSPS) is 12.6. The third kappa shape index (κ3) is 2.74. The van der Waals surface area contributed by atoms with E-state index in [-0.39, 0.29) is 6.42 Å². The van der Waals surface area contributed by atoms with E-state index in [1.54, 1.807) is 36.4 Å². The molecule has 0 fully saturated rings. The van der Waals surface area contributed by atoms with E-state index in [0.29, 0.717) is 33.9 Å². The van der Waals surface area contributed by atoms with Gasteiger partial charge >= 0.3 is 0 Å². The molecule has 0 bridgehead atoms. The maximum atomic E-state index is 12.5. The van der Waals surface area contributed by atoms with E-state index in [2.05, 4.69) is 11.5 Å². The van der Waals surface area contributed by atoms with E-state index in [1.807, 2.05) is 0 Å². The molecule has 2 aromatic carbocycles. The van der Waals surface area contributed by atoms with Gasteiger partial charge in [0.15, 0.2) is 0 Å². The van der Waals surface area contributed by atoms with Gasteiger partial charge in [0.2, 0.25) is 0 Å². The molecule has 2 aromatic rings. The molecule has 0 atom stereocenters. The summed E-state index contributed by atoms with van der Waals surface area (Å²) >= 11 is 0. The number of carbonyl (C=O) groups excluding carboxylic acids is 2. The lowest BCUT2D eigenvalue weighted by Crippen LogP contribution is -2.35. The minimum atomic E-state index is -0.457. The lowest BCUT2D eigenvalue weighted by molar-refractivity contribution is 0.0691. The smallest absolute Gasteiger partial charge is 0.280 e. The molecular weight excluding hydrogens is 322 g/mol. The van der Waals surface area contributed by atoms with Crippen LogP contribution in [0.25, 0.3) is 0 Å². The number of nitrogens with one attached hydrogen (secondary N) is 1. The van der Waals surface area contributed by atoms with Crippen molar-refractivity contribution in [3.8, 4) is 17.6 Å². The van der Waals surface area contributed by atoms with Crippen molar-refractivity contribution in [1.29, 1.82) is 5.26 Å². The molecule has 1 aliphatic heterocycles. The first-order valence-electron chi connectivity index (χ1n) is 7.47. The lowest BCUT2D eigenvalue weighted by Gasteiger charge is -2.21. The molecule has 1 N–H and O–H groups in total. The van der Waals surface area contributed by atoms with E-state index < -0.39 is 11.8 Å². The zero-order valence-electron chi connectivity index (χ0n) is 13.7. The fourth-order valence-electron chi connectivity index (χ4n) is 2.68. The first kappa shape index (κ1) is 16.3. The molecule has 7 nitrogen and oxygen atoms in total. The quantitative estimate of drug-likeness (QED) is 0.842. The van der Waals surface area contributed by atoms with Crippen molar-refractivity contribution >= 4 is 17.5 Å². The van der Waals surface area contributed by atoms with Crippen molar-refractivity contribution in [3.63, 3.8) is 0 Å². The Morgan fingerprint density at radius 3 is 2.24 bits per heavy atom. The van der Waals surface area contributed by atoms with Gasteiger partial charge in [0.05, 0.1) is 37.8 Å². The Hall–Kier alpha value is -3.53. The van der Waals surface area contributed by atoms with Crippen LogP contribution in [-0.2, 0) is 6.42 Å². The molecule has 0 aromatic heterocycles. The molecule has 126 valence electrons. The Labute approximate surface area is 144 Å². The van der Waals surface area contributed by atoms with Gasteiger partial charge in [-0.25, -0.2) is 0 Å².